The average molecular weight is 292 g/mol. The zero-order chi connectivity index (χ0) is 15.3. The van der Waals surface area contributed by atoms with Crippen LogP contribution < -0.4 is 10.1 Å². The van der Waals surface area contributed by atoms with Crippen LogP contribution >= 0.6 is 0 Å². The van der Waals surface area contributed by atoms with Gasteiger partial charge in [0.15, 0.2) is 0 Å². The summed E-state index contributed by atoms with van der Waals surface area (Å²) in [5.74, 6) is 0.728. The third-order valence-electron chi connectivity index (χ3n) is 3.55. The second kappa shape index (κ2) is 7.23. The first-order valence-electron chi connectivity index (χ1n) is 7.85. The van der Waals surface area contributed by atoms with Crippen molar-refractivity contribution in [1.82, 2.24) is 10.3 Å². The van der Waals surface area contributed by atoms with Crippen LogP contribution in [0.15, 0.2) is 12.1 Å². The molecule has 0 aliphatic heterocycles. The lowest BCUT2D eigenvalue weighted by molar-refractivity contribution is 0.170. The molecule has 4 heteroatoms. The van der Waals surface area contributed by atoms with Gasteiger partial charge in [-0.25, -0.2) is 4.98 Å². The molecule has 0 radical (unpaired) electrons. The highest BCUT2D eigenvalue weighted by Gasteiger charge is 2.21. The summed E-state index contributed by atoms with van der Waals surface area (Å²) in [7, 11) is 1.71. The van der Waals surface area contributed by atoms with E-state index in [0.717, 1.165) is 31.1 Å². The van der Waals surface area contributed by atoms with E-state index in [-0.39, 0.29) is 5.41 Å². The van der Waals surface area contributed by atoms with Crippen molar-refractivity contribution in [2.75, 3.05) is 20.3 Å². The average Bonchev–Trinajstić information content (AvgIpc) is 3.24. The van der Waals surface area contributed by atoms with E-state index in [1.165, 1.54) is 18.4 Å². The van der Waals surface area contributed by atoms with Gasteiger partial charge in [-0.2, -0.15) is 0 Å². The molecule has 1 aliphatic rings. The predicted molar refractivity (Wildman–Crippen MR) is 84.8 cm³/mol. The summed E-state index contributed by atoms with van der Waals surface area (Å²) in [5, 5.41) is 3.55. The third kappa shape index (κ3) is 5.64. The Labute approximate surface area is 128 Å². The van der Waals surface area contributed by atoms with Crippen LogP contribution in [0.3, 0.4) is 0 Å². The molecule has 0 atom stereocenters. The van der Waals surface area contributed by atoms with Gasteiger partial charge < -0.3 is 14.8 Å². The number of nitrogens with one attached hydrogen (secondary N) is 1. The lowest BCUT2D eigenvalue weighted by Crippen LogP contribution is -2.19. The van der Waals surface area contributed by atoms with Crippen molar-refractivity contribution in [3.63, 3.8) is 0 Å². The standard InChI is InChI=1S/C17H28N2O2/c1-17(2,3)15-10-13(12-18-14-6-7-14)11-16(19-15)21-9-5-8-20-4/h10-11,14,18H,5-9,12H2,1-4H3. The Balaban J connectivity index is 2.03. The first kappa shape index (κ1) is 16.2. The highest BCUT2D eigenvalue weighted by molar-refractivity contribution is 5.28. The first-order valence-corrected chi connectivity index (χ1v) is 7.85. The number of nitrogens with zero attached hydrogens (tertiary/aromatic N) is 1. The summed E-state index contributed by atoms with van der Waals surface area (Å²) in [6.45, 7) is 8.80. The Hall–Kier alpha value is -1.13. The molecule has 4 nitrogen and oxygen atoms in total. The first-order chi connectivity index (χ1) is 9.99. The SMILES string of the molecule is COCCCOc1cc(CNC2CC2)cc(C(C)(C)C)n1. The van der Waals surface area contributed by atoms with Crippen molar-refractivity contribution in [3.05, 3.63) is 23.4 Å². The van der Waals surface area contributed by atoms with Crippen molar-refractivity contribution in [2.24, 2.45) is 0 Å². The van der Waals surface area contributed by atoms with Crippen molar-refractivity contribution < 1.29 is 9.47 Å². The van der Waals surface area contributed by atoms with Crippen molar-refractivity contribution >= 4 is 0 Å². The highest BCUT2D eigenvalue weighted by atomic mass is 16.5. The molecule has 1 N–H and O–H groups in total. The fraction of sp³-hybridized carbons (Fsp3) is 0.706. The maximum atomic E-state index is 5.79. The van der Waals surface area contributed by atoms with Crippen LogP contribution in [-0.4, -0.2) is 31.3 Å². The second-order valence-corrected chi connectivity index (χ2v) is 6.80. The number of pyridine rings is 1. The molecule has 1 aromatic rings. The summed E-state index contributed by atoms with van der Waals surface area (Å²) < 4.78 is 10.8. The van der Waals surface area contributed by atoms with Crippen LogP contribution in [0.2, 0.25) is 0 Å². The highest BCUT2D eigenvalue weighted by Crippen LogP contribution is 2.25. The van der Waals surface area contributed by atoms with Crippen LogP contribution in [-0.2, 0) is 16.7 Å². The fourth-order valence-corrected chi connectivity index (χ4v) is 2.05. The molecule has 0 spiro atoms. The van der Waals surface area contributed by atoms with Crippen LogP contribution in [0.5, 0.6) is 5.88 Å². The molecular weight excluding hydrogens is 264 g/mol. The lowest BCUT2D eigenvalue weighted by Gasteiger charge is -2.20. The number of aromatic nitrogens is 1. The van der Waals surface area contributed by atoms with E-state index in [1.807, 2.05) is 0 Å². The lowest BCUT2D eigenvalue weighted by atomic mass is 9.91. The van der Waals surface area contributed by atoms with Gasteiger partial charge in [0.05, 0.1) is 12.3 Å². The molecule has 0 amide bonds. The molecule has 118 valence electrons. The Kier molecular flexibility index (Phi) is 5.59. The summed E-state index contributed by atoms with van der Waals surface area (Å²) in [6, 6.07) is 4.96. The van der Waals surface area contributed by atoms with E-state index in [2.05, 4.69) is 43.2 Å². The van der Waals surface area contributed by atoms with E-state index < -0.39 is 0 Å². The molecule has 1 heterocycles. The van der Waals surface area contributed by atoms with E-state index in [0.29, 0.717) is 12.6 Å². The number of rotatable bonds is 8. The van der Waals surface area contributed by atoms with Gasteiger partial charge in [0.2, 0.25) is 5.88 Å². The minimum absolute atomic E-state index is 0.0280. The summed E-state index contributed by atoms with van der Waals surface area (Å²) in [6.07, 6.45) is 3.49. The van der Waals surface area contributed by atoms with Crippen molar-refractivity contribution in [2.45, 2.75) is 58.0 Å². The fourth-order valence-electron chi connectivity index (χ4n) is 2.05. The molecule has 0 aromatic carbocycles. The number of hydrogen-bond donors (Lipinski definition) is 1. The molecule has 0 bridgehead atoms. The van der Waals surface area contributed by atoms with Gasteiger partial charge in [-0.1, -0.05) is 20.8 Å². The van der Waals surface area contributed by atoms with Gasteiger partial charge in [0, 0.05) is 44.2 Å². The minimum atomic E-state index is 0.0280. The topological polar surface area (TPSA) is 43.4 Å². The zero-order valence-electron chi connectivity index (χ0n) is 13.7. The normalized spacial score (nSPS) is 15.2. The van der Waals surface area contributed by atoms with E-state index in [1.54, 1.807) is 7.11 Å². The minimum Gasteiger partial charge on any atom is -0.478 e. The van der Waals surface area contributed by atoms with Gasteiger partial charge >= 0.3 is 0 Å². The molecular formula is C17H28N2O2. The zero-order valence-corrected chi connectivity index (χ0v) is 13.7. The Morgan fingerprint density at radius 2 is 2.00 bits per heavy atom. The van der Waals surface area contributed by atoms with E-state index in [9.17, 15) is 0 Å². The van der Waals surface area contributed by atoms with E-state index >= 15 is 0 Å². The van der Waals surface area contributed by atoms with Gasteiger partial charge in [-0.05, 0) is 24.5 Å². The van der Waals surface area contributed by atoms with Crippen LogP contribution in [0, 0.1) is 0 Å². The Bertz CT molecular complexity index is 451. The van der Waals surface area contributed by atoms with Gasteiger partial charge in [0.1, 0.15) is 0 Å². The maximum Gasteiger partial charge on any atom is 0.213 e. The van der Waals surface area contributed by atoms with Gasteiger partial charge in [-0.3, -0.25) is 0 Å². The number of hydrogen-bond acceptors (Lipinski definition) is 4. The van der Waals surface area contributed by atoms with Crippen LogP contribution in [0.1, 0.15) is 51.3 Å². The predicted octanol–water partition coefficient (Wildman–Crippen LogP) is 3.05. The molecule has 1 aliphatic carbocycles. The molecule has 1 saturated carbocycles. The third-order valence-corrected chi connectivity index (χ3v) is 3.55. The second-order valence-electron chi connectivity index (χ2n) is 6.80. The van der Waals surface area contributed by atoms with Gasteiger partial charge in [-0.15, -0.1) is 0 Å². The summed E-state index contributed by atoms with van der Waals surface area (Å²) in [4.78, 5) is 4.65. The Morgan fingerprint density at radius 1 is 1.24 bits per heavy atom. The largest absolute Gasteiger partial charge is 0.478 e. The molecule has 1 fully saturated rings. The molecule has 2 rings (SSSR count). The number of methoxy groups -OCH3 is 1. The van der Waals surface area contributed by atoms with Crippen LogP contribution in [0.25, 0.3) is 0 Å². The molecule has 1 aromatic heterocycles. The van der Waals surface area contributed by atoms with Gasteiger partial charge in [0.25, 0.3) is 0 Å². The monoisotopic (exact) mass is 292 g/mol. The molecule has 0 saturated heterocycles. The smallest absolute Gasteiger partial charge is 0.213 e. The van der Waals surface area contributed by atoms with Crippen LogP contribution in [0.4, 0.5) is 0 Å². The molecule has 21 heavy (non-hydrogen) atoms. The van der Waals surface area contributed by atoms with Crippen molar-refractivity contribution in [3.8, 4) is 5.88 Å². The quantitative estimate of drug-likeness (QED) is 0.748. The molecule has 0 unspecified atom stereocenters. The summed E-state index contributed by atoms with van der Waals surface area (Å²) in [5.41, 5.74) is 2.36. The summed E-state index contributed by atoms with van der Waals surface area (Å²) >= 11 is 0. The number of ether oxygens (including phenoxy) is 2. The maximum absolute atomic E-state index is 5.79. The Morgan fingerprint density at radius 3 is 2.62 bits per heavy atom. The van der Waals surface area contributed by atoms with E-state index in [4.69, 9.17) is 9.47 Å². The van der Waals surface area contributed by atoms with Crippen molar-refractivity contribution in [1.29, 1.82) is 0 Å².